The topological polar surface area (TPSA) is 35.2 Å². The molecule has 17 heavy (non-hydrogen) atoms. The molecule has 0 saturated carbocycles. The quantitative estimate of drug-likeness (QED) is 0.825. The van der Waals surface area contributed by atoms with Gasteiger partial charge in [-0.1, -0.05) is 18.2 Å². The van der Waals surface area contributed by atoms with Gasteiger partial charge in [-0.3, -0.25) is 0 Å². The Balaban J connectivity index is 2.37. The van der Waals surface area contributed by atoms with Crippen LogP contribution in [0.4, 0.5) is 13.2 Å². The second kappa shape index (κ2) is 4.66. The number of hydrogen-bond donors (Lipinski definition) is 1. The Labute approximate surface area is 97.6 Å². The van der Waals surface area contributed by atoms with Crippen LogP contribution in [0, 0.1) is 0 Å². The van der Waals surface area contributed by atoms with Crippen LogP contribution in [0.3, 0.4) is 0 Å². The van der Waals surface area contributed by atoms with Crippen LogP contribution in [-0.2, 0) is 10.9 Å². The molecule has 2 atom stereocenters. The van der Waals surface area contributed by atoms with Gasteiger partial charge in [-0.25, -0.2) is 0 Å². The van der Waals surface area contributed by atoms with E-state index in [1.54, 1.807) is 6.07 Å². The Morgan fingerprint density at radius 2 is 1.94 bits per heavy atom. The van der Waals surface area contributed by atoms with Gasteiger partial charge in [0.05, 0.1) is 11.7 Å². The summed E-state index contributed by atoms with van der Waals surface area (Å²) >= 11 is 0. The van der Waals surface area contributed by atoms with E-state index in [9.17, 15) is 13.2 Å². The van der Waals surface area contributed by atoms with Gasteiger partial charge < -0.3 is 10.5 Å². The maximum atomic E-state index is 12.8. The Kier molecular flexibility index (Phi) is 3.40. The number of nitrogens with two attached hydrogens (primary N) is 1. The second-order valence-corrected chi connectivity index (χ2v) is 4.18. The molecule has 2 N–H and O–H groups in total. The lowest BCUT2D eigenvalue weighted by atomic mass is 9.93. The summed E-state index contributed by atoms with van der Waals surface area (Å²) in [6, 6.07) is 5.10. The predicted octanol–water partition coefficient (Wildman–Crippen LogP) is 2.88. The van der Waals surface area contributed by atoms with Crippen LogP contribution < -0.4 is 5.73 Å². The molecule has 0 aromatic heterocycles. The molecule has 1 aliphatic heterocycles. The molecule has 1 aromatic rings. The maximum absolute atomic E-state index is 12.8. The van der Waals surface area contributed by atoms with Crippen LogP contribution in [0.1, 0.15) is 30.1 Å². The maximum Gasteiger partial charge on any atom is 0.416 e. The van der Waals surface area contributed by atoms with Crippen molar-refractivity contribution in [1.29, 1.82) is 0 Å². The summed E-state index contributed by atoms with van der Waals surface area (Å²) in [6.45, 7) is 0.463. The molecule has 1 aromatic carbocycles. The fourth-order valence-electron chi connectivity index (χ4n) is 2.13. The third kappa shape index (κ3) is 2.61. The van der Waals surface area contributed by atoms with Crippen LogP contribution in [-0.4, -0.2) is 12.6 Å². The Morgan fingerprint density at radius 1 is 1.24 bits per heavy atom. The van der Waals surface area contributed by atoms with Crippen molar-refractivity contribution >= 4 is 0 Å². The number of benzene rings is 1. The molecule has 0 bridgehead atoms. The van der Waals surface area contributed by atoms with Crippen molar-refractivity contribution in [2.45, 2.75) is 31.2 Å². The molecule has 0 amide bonds. The predicted molar refractivity (Wildman–Crippen MR) is 57.3 cm³/mol. The summed E-state index contributed by atoms with van der Waals surface area (Å²) in [7, 11) is 0. The van der Waals surface area contributed by atoms with Gasteiger partial charge >= 0.3 is 6.18 Å². The van der Waals surface area contributed by atoms with Crippen molar-refractivity contribution in [3.8, 4) is 0 Å². The lowest BCUT2D eigenvalue weighted by molar-refractivity contribution is -0.140. The highest BCUT2D eigenvalue weighted by molar-refractivity contribution is 5.32. The highest BCUT2D eigenvalue weighted by Crippen LogP contribution is 2.37. The molecular formula is C12H14F3NO. The largest absolute Gasteiger partial charge is 0.416 e. The third-order valence-corrected chi connectivity index (χ3v) is 2.94. The zero-order valence-corrected chi connectivity index (χ0v) is 9.20. The normalized spacial score (nSPS) is 25.9. The highest BCUT2D eigenvalue weighted by atomic mass is 19.4. The van der Waals surface area contributed by atoms with E-state index in [4.69, 9.17) is 10.5 Å². The molecule has 0 radical (unpaired) electrons. The molecule has 94 valence electrons. The molecule has 1 fully saturated rings. The minimum absolute atomic E-state index is 0.146. The molecule has 0 aliphatic carbocycles. The van der Waals surface area contributed by atoms with E-state index < -0.39 is 17.8 Å². The van der Waals surface area contributed by atoms with E-state index in [0.29, 0.717) is 13.0 Å². The number of alkyl halides is 3. The Morgan fingerprint density at radius 3 is 2.59 bits per heavy atom. The van der Waals surface area contributed by atoms with Gasteiger partial charge in [0, 0.05) is 12.6 Å². The number of rotatable bonds is 1. The number of halogens is 3. The highest BCUT2D eigenvalue weighted by Gasteiger charge is 2.37. The molecule has 1 saturated heterocycles. The van der Waals surface area contributed by atoms with Gasteiger partial charge in [0.1, 0.15) is 0 Å². The summed E-state index contributed by atoms with van der Waals surface area (Å²) in [5, 5.41) is 0. The first kappa shape index (κ1) is 12.4. The standard InChI is InChI=1S/C12H14F3NO/c13-12(14,15)9-5-2-1-4-8(9)11-10(16)6-3-7-17-11/h1-2,4-5,10-11H,3,6-7,16H2. The van der Waals surface area contributed by atoms with Crippen LogP contribution in [0.25, 0.3) is 0 Å². The minimum atomic E-state index is -4.36. The summed E-state index contributed by atoms with van der Waals surface area (Å²) in [5.74, 6) is 0. The third-order valence-electron chi connectivity index (χ3n) is 2.94. The fraction of sp³-hybridized carbons (Fsp3) is 0.500. The zero-order chi connectivity index (χ0) is 12.5. The molecule has 0 spiro atoms. The van der Waals surface area contributed by atoms with Gasteiger partial charge in [0.2, 0.25) is 0 Å². The lowest BCUT2D eigenvalue weighted by Gasteiger charge is -2.31. The van der Waals surface area contributed by atoms with Crippen molar-refractivity contribution in [2.24, 2.45) is 5.73 Å². The summed E-state index contributed by atoms with van der Waals surface area (Å²) in [4.78, 5) is 0. The Hall–Kier alpha value is -1.07. The van der Waals surface area contributed by atoms with Crippen molar-refractivity contribution in [3.63, 3.8) is 0 Å². The molecule has 2 rings (SSSR count). The van der Waals surface area contributed by atoms with Crippen LogP contribution >= 0.6 is 0 Å². The van der Waals surface area contributed by atoms with Crippen LogP contribution in [0.2, 0.25) is 0 Å². The number of hydrogen-bond acceptors (Lipinski definition) is 2. The first-order valence-corrected chi connectivity index (χ1v) is 5.53. The van der Waals surface area contributed by atoms with Gasteiger partial charge in [-0.15, -0.1) is 0 Å². The van der Waals surface area contributed by atoms with E-state index in [1.165, 1.54) is 12.1 Å². The molecule has 1 aliphatic rings. The van der Waals surface area contributed by atoms with Crippen molar-refractivity contribution < 1.29 is 17.9 Å². The van der Waals surface area contributed by atoms with E-state index in [-0.39, 0.29) is 11.6 Å². The molecule has 1 heterocycles. The van der Waals surface area contributed by atoms with E-state index >= 15 is 0 Å². The van der Waals surface area contributed by atoms with Gasteiger partial charge in [0.25, 0.3) is 0 Å². The zero-order valence-electron chi connectivity index (χ0n) is 9.20. The summed E-state index contributed by atoms with van der Waals surface area (Å²) in [5.41, 5.74) is 5.33. The summed E-state index contributed by atoms with van der Waals surface area (Å²) < 4.78 is 43.9. The monoisotopic (exact) mass is 245 g/mol. The average Bonchev–Trinajstić information content (AvgIpc) is 2.28. The van der Waals surface area contributed by atoms with Crippen molar-refractivity contribution in [1.82, 2.24) is 0 Å². The first-order chi connectivity index (χ1) is 8.00. The molecule has 2 unspecified atom stereocenters. The smallest absolute Gasteiger partial charge is 0.372 e. The van der Waals surface area contributed by atoms with Crippen molar-refractivity contribution in [3.05, 3.63) is 35.4 Å². The SMILES string of the molecule is NC1CCCOC1c1ccccc1C(F)(F)F. The molecular weight excluding hydrogens is 231 g/mol. The number of ether oxygens (including phenoxy) is 1. The van der Waals surface area contributed by atoms with Gasteiger partial charge in [-0.05, 0) is 24.5 Å². The molecule has 2 nitrogen and oxygen atoms in total. The minimum Gasteiger partial charge on any atom is -0.372 e. The van der Waals surface area contributed by atoms with Gasteiger partial charge in [0.15, 0.2) is 0 Å². The van der Waals surface area contributed by atoms with E-state index in [0.717, 1.165) is 12.5 Å². The fourth-order valence-corrected chi connectivity index (χ4v) is 2.13. The Bertz CT molecular complexity index is 392. The summed E-state index contributed by atoms with van der Waals surface area (Å²) in [6.07, 6.45) is -3.53. The van der Waals surface area contributed by atoms with Crippen molar-refractivity contribution in [2.75, 3.05) is 6.61 Å². The second-order valence-electron chi connectivity index (χ2n) is 4.18. The lowest BCUT2D eigenvalue weighted by Crippen LogP contribution is -2.35. The van der Waals surface area contributed by atoms with E-state index in [2.05, 4.69) is 0 Å². The van der Waals surface area contributed by atoms with Crippen LogP contribution in [0.15, 0.2) is 24.3 Å². The molecule has 5 heteroatoms. The first-order valence-electron chi connectivity index (χ1n) is 5.53. The van der Waals surface area contributed by atoms with Crippen LogP contribution in [0.5, 0.6) is 0 Å². The van der Waals surface area contributed by atoms with Gasteiger partial charge in [-0.2, -0.15) is 13.2 Å². The average molecular weight is 245 g/mol. The van der Waals surface area contributed by atoms with E-state index in [1.807, 2.05) is 0 Å².